The van der Waals surface area contributed by atoms with Crippen LogP contribution in [0.4, 0.5) is 0 Å². The third-order valence-electron chi connectivity index (χ3n) is 1.16. The molecular formula is C5H12O6S2. The van der Waals surface area contributed by atoms with Crippen molar-refractivity contribution in [2.24, 2.45) is 0 Å². The lowest BCUT2D eigenvalue weighted by Crippen LogP contribution is -2.00. The predicted molar refractivity (Wildman–Crippen MR) is 47.3 cm³/mol. The fourth-order valence-corrected chi connectivity index (χ4v) is 1.16. The molecule has 80 valence electrons. The summed E-state index contributed by atoms with van der Waals surface area (Å²) in [5.74, 6) is 0. The number of hydrogen-bond acceptors (Lipinski definition) is 4. The van der Waals surface area contributed by atoms with E-state index in [-0.39, 0.29) is 13.2 Å². The lowest BCUT2D eigenvalue weighted by atomic mass is 10.2. The quantitative estimate of drug-likeness (QED) is 0.466. The maximum Gasteiger partial charge on any atom is 0.301 e. The fourth-order valence-electron chi connectivity index (χ4n) is 0.641. The van der Waals surface area contributed by atoms with Gasteiger partial charge in [-0.3, -0.25) is 17.5 Å². The van der Waals surface area contributed by atoms with Crippen LogP contribution in [0.2, 0.25) is 0 Å². The van der Waals surface area contributed by atoms with Crippen molar-refractivity contribution < 1.29 is 25.9 Å². The van der Waals surface area contributed by atoms with Crippen LogP contribution in [-0.4, -0.2) is 30.7 Å². The smallest absolute Gasteiger partial charge is 0.284 e. The summed E-state index contributed by atoms with van der Waals surface area (Å²) in [6, 6.07) is 0. The van der Waals surface area contributed by atoms with Crippen LogP contribution in [-0.2, 0) is 31.1 Å². The fraction of sp³-hybridized carbons (Fsp3) is 1.00. The average Bonchev–Trinajstić information content (AvgIpc) is 2.01. The van der Waals surface area contributed by atoms with Crippen LogP contribution in [0.15, 0.2) is 0 Å². The van der Waals surface area contributed by atoms with Crippen molar-refractivity contribution in [2.75, 3.05) is 13.2 Å². The zero-order valence-corrected chi connectivity index (χ0v) is 8.51. The summed E-state index contributed by atoms with van der Waals surface area (Å²) >= 11 is -4.40. The molecule has 0 aromatic rings. The van der Waals surface area contributed by atoms with Gasteiger partial charge in [-0.2, -0.15) is 8.42 Å². The molecule has 0 fully saturated rings. The van der Waals surface area contributed by atoms with E-state index in [0.717, 1.165) is 0 Å². The van der Waals surface area contributed by atoms with Gasteiger partial charge in [-0.15, -0.1) is 0 Å². The summed E-state index contributed by atoms with van der Waals surface area (Å²) in [5.41, 5.74) is 0. The van der Waals surface area contributed by atoms with Crippen molar-refractivity contribution in [3.8, 4) is 0 Å². The Kier molecular flexibility index (Phi) is 8.82. The van der Waals surface area contributed by atoms with E-state index in [2.05, 4.69) is 8.37 Å². The molecule has 0 heterocycles. The number of hydrogen-bond donors (Lipinski definition) is 2. The summed E-state index contributed by atoms with van der Waals surface area (Å²) in [6.45, 7) is 0.399. The second kappa shape index (κ2) is 8.73. The van der Waals surface area contributed by atoms with Gasteiger partial charge in [0.05, 0.1) is 13.2 Å². The van der Waals surface area contributed by atoms with Gasteiger partial charge in [0, 0.05) is 0 Å². The monoisotopic (exact) mass is 232 g/mol. The highest BCUT2D eigenvalue weighted by Gasteiger charge is 1.95. The van der Waals surface area contributed by atoms with Gasteiger partial charge in [0.1, 0.15) is 0 Å². The molecule has 0 aliphatic rings. The largest absolute Gasteiger partial charge is 0.301 e. The van der Waals surface area contributed by atoms with Crippen LogP contribution in [0.3, 0.4) is 0 Å². The molecule has 2 unspecified atom stereocenters. The minimum Gasteiger partial charge on any atom is -0.284 e. The lowest BCUT2D eigenvalue weighted by Gasteiger charge is -1.99. The van der Waals surface area contributed by atoms with Crippen molar-refractivity contribution in [2.45, 2.75) is 19.3 Å². The molecule has 0 spiro atoms. The Morgan fingerprint density at radius 1 is 0.846 bits per heavy atom. The van der Waals surface area contributed by atoms with E-state index >= 15 is 0 Å². The molecular weight excluding hydrogens is 220 g/mol. The molecule has 0 rings (SSSR count). The zero-order valence-electron chi connectivity index (χ0n) is 6.88. The molecule has 0 aromatic carbocycles. The van der Waals surface area contributed by atoms with Gasteiger partial charge < -0.3 is 0 Å². The molecule has 0 aliphatic heterocycles. The van der Waals surface area contributed by atoms with E-state index < -0.39 is 22.7 Å². The molecule has 0 bridgehead atoms. The highest BCUT2D eigenvalue weighted by Crippen LogP contribution is 1.97. The van der Waals surface area contributed by atoms with Crippen LogP contribution >= 0.6 is 0 Å². The van der Waals surface area contributed by atoms with Crippen LogP contribution in [0.25, 0.3) is 0 Å². The Bertz CT molecular complexity index is 154. The van der Waals surface area contributed by atoms with Crippen LogP contribution in [0.5, 0.6) is 0 Å². The van der Waals surface area contributed by atoms with Crippen molar-refractivity contribution in [3.05, 3.63) is 0 Å². The van der Waals surface area contributed by atoms with Gasteiger partial charge in [-0.1, -0.05) is 0 Å². The lowest BCUT2D eigenvalue weighted by molar-refractivity contribution is 0.275. The predicted octanol–water partition coefficient (Wildman–Crippen LogP) is 0.463. The molecule has 0 aromatic heterocycles. The number of rotatable bonds is 8. The zero-order chi connectivity index (χ0) is 10.1. The Balaban J connectivity index is 3.00. The molecule has 0 saturated heterocycles. The highest BCUT2D eigenvalue weighted by molar-refractivity contribution is 7.74. The number of unbranched alkanes of at least 4 members (excludes halogenated alkanes) is 2. The first-order valence-corrected chi connectivity index (χ1v) is 5.67. The summed E-state index contributed by atoms with van der Waals surface area (Å²) in [5, 5.41) is 0. The Morgan fingerprint density at radius 3 is 1.54 bits per heavy atom. The van der Waals surface area contributed by atoms with E-state index in [1.54, 1.807) is 0 Å². The van der Waals surface area contributed by atoms with E-state index in [1.165, 1.54) is 0 Å². The topological polar surface area (TPSA) is 93.1 Å². The van der Waals surface area contributed by atoms with Crippen molar-refractivity contribution in [1.29, 1.82) is 0 Å². The van der Waals surface area contributed by atoms with Gasteiger partial charge in [0.25, 0.3) is 0 Å². The summed E-state index contributed by atoms with van der Waals surface area (Å²) in [6.07, 6.45) is 1.95. The normalized spacial score (nSPS) is 15.5. The minimum absolute atomic E-state index is 0.200. The van der Waals surface area contributed by atoms with E-state index in [4.69, 9.17) is 9.11 Å². The summed E-state index contributed by atoms with van der Waals surface area (Å²) in [4.78, 5) is 0. The third-order valence-corrected chi connectivity index (χ3v) is 1.89. The molecule has 6 nitrogen and oxygen atoms in total. The molecule has 2 N–H and O–H groups in total. The van der Waals surface area contributed by atoms with Gasteiger partial charge in [0.2, 0.25) is 0 Å². The molecule has 0 saturated carbocycles. The SMILES string of the molecule is O=S(O)OCCCCCOS(=O)O. The van der Waals surface area contributed by atoms with Gasteiger partial charge in [-0.05, 0) is 19.3 Å². The van der Waals surface area contributed by atoms with Crippen molar-refractivity contribution >= 4 is 22.7 Å². The molecule has 2 atom stereocenters. The molecule has 0 aliphatic carbocycles. The van der Waals surface area contributed by atoms with Crippen LogP contribution in [0.1, 0.15) is 19.3 Å². The second-order valence-electron chi connectivity index (χ2n) is 2.14. The van der Waals surface area contributed by atoms with E-state index in [1.807, 2.05) is 0 Å². The molecule has 13 heavy (non-hydrogen) atoms. The van der Waals surface area contributed by atoms with E-state index in [9.17, 15) is 8.42 Å². The third kappa shape index (κ3) is 12.1. The first-order chi connectivity index (χ1) is 6.13. The highest BCUT2D eigenvalue weighted by atomic mass is 32.2. The van der Waals surface area contributed by atoms with Crippen LogP contribution in [0, 0.1) is 0 Å². The Hall–Kier alpha value is 0.140. The minimum atomic E-state index is -2.20. The maximum absolute atomic E-state index is 9.97. The first kappa shape index (κ1) is 13.1. The van der Waals surface area contributed by atoms with Gasteiger partial charge >= 0.3 is 22.7 Å². The van der Waals surface area contributed by atoms with Crippen molar-refractivity contribution in [1.82, 2.24) is 0 Å². The first-order valence-electron chi connectivity index (χ1n) is 3.61. The van der Waals surface area contributed by atoms with Gasteiger partial charge in [-0.25, -0.2) is 0 Å². The second-order valence-corrected chi connectivity index (χ2v) is 3.48. The Morgan fingerprint density at radius 2 is 1.23 bits per heavy atom. The molecule has 0 amide bonds. The Labute approximate surface area is 81.6 Å². The van der Waals surface area contributed by atoms with E-state index in [0.29, 0.717) is 19.3 Å². The standard InChI is InChI=1S/C5H12O6S2/c6-12(7)10-4-2-1-3-5-11-13(8)9/h1-5H2,(H,6,7)(H,8,9). The van der Waals surface area contributed by atoms with Crippen LogP contribution < -0.4 is 0 Å². The molecule has 0 radical (unpaired) electrons. The molecule has 8 heteroatoms. The van der Waals surface area contributed by atoms with Gasteiger partial charge in [0.15, 0.2) is 0 Å². The average molecular weight is 232 g/mol. The summed E-state index contributed by atoms with van der Waals surface area (Å²) < 4.78 is 45.0. The maximum atomic E-state index is 9.97. The van der Waals surface area contributed by atoms with Crippen molar-refractivity contribution in [3.63, 3.8) is 0 Å². The summed E-state index contributed by atoms with van der Waals surface area (Å²) in [7, 11) is 0.